The van der Waals surface area contributed by atoms with E-state index in [1.807, 2.05) is 25.1 Å². The molecule has 1 aromatic carbocycles. The molecule has 0 amide bonds. The van der Waals surface area contributed by atoms with Crippen LogP contribution >= 0.6 is 11.6 Å². The van der Waals surface area contributed by atoms with Crippen LogP contribution in [0.2, 0.25) is 0 Å². The van der Waals surface area contributed by atoms with Gasteiger partial charge in [0.15, 0.2) is 0 Å². The Morgan fingerprint density at radius 3 is 2.79 bits per heavy atom. The van der Waals surface area contributed by atoms with Crippen molar-refractivity contribution in [1.29, 1.82) is 0 Å². The van der Waals surface area contributed by atoms with E-state index in [1.54, 1.807) is 0 Å². The third-order valence-corrected chi connectivity index (χ3v) is 2.69. The van der Waals surface area contributed by atoms with Crippen LogP contribution in [-0.4, -0.2) is 25.7 Å². The van der Waals surface area contributed by atoms with Gasteiger partial charge >= 0.3 is 0 Å². The summed E-state index contributed by atoms with van der Waals surface area (Å²) in [6.45, 7) is 6.13. The molecule has 19 heavy (non-hydrogen) atoms. The molecular weight excluding hydrogens is 260 g/mol. The molecule has 0 saturated carbocycles. The number of benzene rings is 1. The van der Waals surface area contributed by atoms with Crippen LogP contribution in [0.3, 0.4) is 0 Å². The smallest absolute Gasteiger partial charge is 0.135 e. The molecule has 0 spiro atoms. The van der Waals surface area contributed by atoms with Crippen molar-refractivity contribution in [3.05, 3.63) is 29.3 Å². The SMILES string of the molecule is CCCCOCCOc1ccc(C)cc1C#CCCl. The summed E-state index contributed by atoms with van der Waals surface area (Å²) in [6, 6.07) is 5.96. The number of unbranched alkanes of at least 4 members (excludes halogenated alkanes) is 1. The lowest BCUT2D eigenvalue weighted by Crippen LogP contribution is -2.08. The molecule has 0 saturated heterocycles. The van der Waals surface area contributed by atoms with Crippen LogP contribution in [0.1, 0.15) is 30.9 Å². The summed E-state index contributed by atoms with van der Waals surface area (Å²) < 4.78 is 11.2. The van der Waals surface area contributed by atoms with Gasteiger partial charge in [-0.3, -0.25) is 0 Å². The molecule has 0 aliphatic rings. The highest BCUT2D eigenvalue weighted by molar-refractivity contribution is 6.19. The van der Waals surface area contributed by atoms with Gasteiger partial charge in [-0.25, -0.2) is 0 Å². The summed E-state index contributed by atoms with van der Waals surface area (Å²) in [5.41, 5.74) is 2.04. The Morgan fingerprint density at radius 1 is 1.21 bits per heavy atom. The largest absolute Gasteiger partial charge is 0.490 e. The quantitative estimate of drug-likeness (QED) is 0.430. The molecule has 1 rings (SSSR count). The normalized spacial score (nSPS) is 9.84. The van der Waals surface area contributed by atoms with Crippen molar-refractivity contribution in [3.63, 3.8) is 0 Å². The van der Waals surface area contributed by atoms with Crippen LogP contribution in [0, 0.1) is 18.8 Å². The van der Waals surface area contributed by atoms with Crippen LogP contribution in [-0.2, 0) is 4.74 Å². The monoisotopic (exact) mass is 280 g/mol. The van der Waals surface area contributed by atoms with E-state index in [0.29, 0.717) is 19.1 Å². The lowest BCUT2D eigenvalue weighted by atomic mass is 10.1. The molecule has 3 heteroatoms. The number of rotatable bonds is 7. The van der Waals surface area contributed by atoms with Crippen molar-refractivity contribution in [2.45, 2.75) is 26.7 Å². The van der Waals surface area contributed by atoms with Crippen LogP contribution in [0.5, 0.6) is 5.75 Å². The average Bonchev–Trinajstić information content (AvgIpc) is 2.42. The molecule has 0 radical (unpaired) electrons. The third-order valence-electron chi connectivity index (χ3n) is 2.55. The van der Waals surface area contributed by atoms with E-state index >= 15 is 0 Å². The molecular formula is C16H21ClO2. The highest BCUT2D eigenvalue weighted by Crippen LogP contribution is 2.19. The Balaban J connectivity index is 2.48. The van der Waals surface area contributed by atoms with Gasteiger partial charge in [-0.15, -0.1) is 11.6 Å². The molecule has 2 nitrogen and oxygen atoms in total. The Labute approximate surface area is 121 Å². The molecule has 0 heterocycles. The molecule has 0 atom stereocenters. The predicted octanol–water partition coefficient (Wildman–Crippen LogP) is 3.78. The zero-order valence-electron chi connectivity index (χ0n) is 11.7. The minimum Gasteiger partial charge on any atom is -0.490 e. The third kappa shape index (κ3) is 6.52. The van der Waals surface area contributed by atoms with Crippen LogP contribution < -0.4 is 4.74 Å². The summed E-state index contributed by atoms with van der Waals surface area (Å²) in [5, 5.41) is 0. The van der Waals surface area contributed by atoms with Crippen molar-refractivity contribution in [1.82, 2.24) is 0 Å². The molecule has 0 aliphatic heterocycles. The molecule has 1 aromatic rings. The van der Waals surface area contributed by atoms with Gasteiger partial charge in [-0.05, 0) is 31.0 Å². The van der Waals surface area contributed by atoms with Crippen molar-refractivity contribution >= 4 is 11.6 Å². The molecule has 0 N–H and O–H groups in total. The second-order valence-electron chi connectivity index (χ2n) is 4.25. The standard InChI is InChI=1S/C16H21ClO2/c1-3-4-10-18-11-12-19-16-8-7-14(2)13-15(16)6-5-9-17/h7-8,13H,3-4,9-12H2,1-2H3. The number of aryl methyl sites for hydroxylation is 1. The van der Waals surface area contributed by atoms with Crippen LogP contribution in [0.15, 0.2) is 18.2 Å². The highest BCUT2D eigenvalue weighted by Gasteiger charge is 2.01. The maximum Gasteiger partial charge on any atom is 0.135 e. The first kappa shape index (κ1) is 15.9. The van der Waals surface area contributed by atoms with Crippen LogP contribution in [0.25, 0.3) is 0 Å². The van der Waals surface area contributed by atoms with Crippen LogP contribution in [0.4, 0.5) is 0 Å². The number of alkyl halides is 1. The Morgan fingerprint density at radius 2 is 2.05 bits per heavy atom. The van der Waals surface area contributed by atoms with E-state index in [0.717, 1.165) is 36.3 Å². The van der Waals surface area contributed by atoms with Crippen molar-refractivity contribution in [2.24, 2.45) is 0 Å². The first-order valence-corrected chi connectivity index (χ1v) is 7.17. The van der Waals surface area contributed by atoms with Crippen molar-refractivity contribution < 1.29 is 9.47 Å². The topological polar surface area (TPSA) is 18.5 Å². The van der Waals surface area contributed by atoms with E-state index in [4.69, 9.17) is 21.1 Å². The van der Waals surface area contributed by atoms with Gasteiger partial charge in [0.25, 0.3) is 0 Å². The molecule has 104 valence electrons. The van der Waals surface area contributed by atoms with Crippen molar-refractivity contribution in [3.8, 4) is 17.6 Å². The Bertz CT molecular complexity index is 432. The van der Waals surface area contributed by atoms with E-state index in [-0.39, 0.29) is 0 Å². The number of ether oxygens (including phenoxy) is 2. The van der Waals surface area contributed by atoms with Gasteiger partial charge in [0.05, 0.1) is 18.1 Å². The second-order valence-corrected chi connectivity index (χ2v) is 4.52. The van der Waals surface area contributed by atoms with Gasteiger partial charge in [-0.2, -0.15) is 0 Å². The van der Waals surface area contributed by atoms with Gasteiger partial charge in [0.2, 0.25) is 0 Å². The lowest BCUT2D eigenvalue weighted by molar-refractivity contribution is 0.0980. The second kappa shape index (κ2) is 9.72. The predicted molar refractivity (Wildman–Crippen MR) is 80.0 cm³/mol. The van der Waals surface area contributed by atoms with Crippen molar-refractivity contribution in [2.75, 3.05) is 25.7 Å². The maximum atomic E-state index is 5.70. The number of hydrogen-bond donors (Lipinski definition) is 0. The molecule has 0 fully saturated rings. The van der Waals surface area contributed by atoms with Gasteiger partial charge in [0, 0.05) is 6.61 Å². The fraction of sp³-hybridized carbons (Fsp3) is 0.500. The van der Waals surface area contributed by atoms with Gasteiger partial charge in [0.1, 0.15) is 12.4 Å². The Kier molecular flexibility index (Phi) is 8.13. The lowest BCUT2D eigenvalue weighted by Gasteiger charge is -2.09. The van der Waals surface area contributed by atoms with Gasteiger partial charge in [-0.1, -0.05) is 31.3 Å². The summed E-state index contributed by atoms with van der Waals surface area (Å²) in [4.78, 5) is 0. The summed E-state index contributed by atoms with van der Waals surface area (Å²) >= 11 is 5.58. The molecule has 0 unspecified atom stereocenters. The van der Waals surface area contributed by atoms with E-state index in [9.17, 15) is 0 Å². The summed E-state index contributed by atoms with van der Waals surface area (Å²) in [5.74, 6) is 6.99. The zero-order valence-corrected chi connectivity index (χ0v) is 12.4. The van der Waals surface area contributed by atoms with E-state index in [1.165, 1.54) is 0 Å². The molecule has 0 aliphatic carbocycles. The minimum atomic E-state index is 0.327. The molecule has 0 bridgehead atoms. The number of halogens is 1. The first-order chi connectivity index (χ1) is 9.27. The molecule has 0 aromatic heterocycles. The zero-order chi connectivity index (χ0) is 13.9. The van der Waals surface area contributed by atoms with E-state index < -0.39 is 0 Å². The Hall–Kier alpha value is -1.17. The minimum absolute atomic E-state index is 0.327. The number of hydrogen-bond acceptors (Lipinski definition) is 2. The summed E-state index contributed by atoms with van der Waals surface area (Å²) in [7, 11) is 0. The van der Waals surface area contributed by atoms with Gasteiger partial charge < -0.3 is 9.47 Å². The summed E-state index contributed by atoms with van der Waals surface area (Å²) in [6.07, 6.45) is 2.24. The first-order valence-electron chi connectivity index (χ1n) is 6.64. The maximum absolute atomic E-state index is 5.70. The van der Waals surface area contributed by atoms with E-state index in [2.05, 4.69) is 18.8 Å². The highest BCUT2D eigenvalue weighted by atomic mass is 35.5. The average molecular weight is 281 g/mol. The fourth-order valence-electron chi connectivity index (χ4n) is 1.56. The fourth-order valence-corrected chi connectivity index (χ4v) is 1.62.